The Balaban J connectivity index is 2.50. The van der Waals surface area contributed by atoms with E-state index in [1.165, 1.54) is 10.4 Å². The molecule has 0 aromatic heterocycles. The summed E-state index contributed by atoms with van der Waals surface area (Å²) >= 11 is 0. The van der Waals surface area contributed by atoms with E-state index >= 15 is 0 Å². The molecular weight excluding hydrogens is 464 g/mol. The molecule has 35 heavy (non-hydrogen) atoms. The average Bonchev–Trinajstić information content (AvgIpc) is 2.79. The normalized spacial score (nSPS) is 14.0. The van der Waals surface area contributed by atoms with E-state index in [0.717, 1.165) is 16.5 Å². The van der Waals surface area contributed by atoms with Crippen molar-refractivity contribution in [1.29, 1.82) is 0 Å². The highest BCUT2D eigenvalue weighted by Crippen LogP contribution is 2.33. The van der Waals surface area contributed by atoms with Crippen LogP contribution in [0.4, 0.5) is 0 Å². The number of hydrogen-bond acceptors (Lipinski definition) is 5. The van der Waals surface area contributed by atoms with Crippen molar-refractivity contribution in [2.75, 3.05) is 13.2 Å². The zero-order valence-electron chi connectivity index (χ0n) is 21.7. The summed E-state index contributed by atoms with van der Waals surface area (Å²) in [6, 6.07) is 10.2. The van der Waals surface area contributed by atoms with Gasteiger partial charge in [-0.25, -0.2) is 13.9 Å². The molecule has 8 heteroatoms. The number of carbonyl (C=O) groups excluding carboxylic acids is 1. The van der Waals surface area contributed by atoms with E-state index in [1.807, 2.05) is 44.2 Å². The number of ether oxygens (including phenoxy) is 1. The Morgan fingerprint density at radius 2 is 1.69 bits per heavy atom. The second-order valence-corrected chi connectivity index (χ2v) is 12.1. The molecule has 0 spiro atoms. The van der Waals surface area contributed by atoms with Gasteiger partial charge in [-0.15, -0.1) is 6.58 Å². The molecule has 2 atom stereocenters. The van der Waals surface area contributed by atoms with Crippen molar-refractivity contribution in [3.63, 3.8) is 0 Å². The summed E-state index contributed by atoms with van der Waals surface area (Å²) < 4.78 is 34.9. The molecule has 0 bridgehead atoms. The van der Waals surface area contributed by atoms with E-state index in [0.29, 0.717) is 24.5 Å². The van der Waals surface area contributed by atoms with Crippen molar-refractivity contribution in [1.82, 2.24) is 9.79 Å². The minimum absolute atomic E-state index is 0.157. The topological polar surface area (TPSA) is 95.9 Å². The van der Waals surface area contributed by atoms with Crippen molar-refractivity contribution >= 4 is 26.7 Å². The van der Waals surface area contributed by atoms with Gasteiger partial charge in [-0.2, -0.15) is 4.31 Å². The van der Waals surface area contributed by atoms with Crippen LogP contribution in [0.15, 0.2) is 49.1 Å². The molecule has 2 unspecified atom stereocenters. The van der Waals surface area contributed by atoms with Crippen LogP contribution in [0.1, 0.15) is 58.8 Å². The molecule has 0 aliphatic carbocycles. The minimum atomic E-state index is -4.04. The van der Waals surface area contributed by atoms with Crippen LogP contribution in [0, 0.1) is 17.8 Å². The number of hydroxylamine groups is 1. The third-order valence-corrected chi connectivity index (χ3v) is 8.03. The molecule has 7 nitrogen and oxygen atoms in total. The largest absolute Gasteiger partial charge is 0.493 e. The second kappa shape index (κ2) is 12.5. The van der Waals surface area contributed by atoms with Crippen LogP contribution < -0.4 is 10.2 Å². The SMILES string of the molecule is C=CC(c1ccc2cc(OCC(C)C)ccc2c1)S(=O)(=O)N(CCC(C)C)C(C(=O)NO)C(C)C. The molecule has 0 saturated heterocycles. The van der Waals surface area contributed by atoms with Gasteiger partial charge in [0.15, 0.2) is 0 Å². The summed E-state index contributed by atoms with van der Waals surface area (Å²) in [5.41, 5.74) is 2.21. The van der Waals surface area contributed by atoms with Gasteiger partial charge in [-0.1, -0.05) is 65.8 Å². The van der Waals surface area contributed by atoms with Crippen LogP contribution in [0.25, 0.3) is 10.8 Å². The summed E-state index contributed by atoms with van der Waals surface area (Å²) in [6.07, 6.45) is 1.97. The second-order valence-electron chi connectivity index (χ2n) is 10.1. The molecule has 0 radical (unpaired) electrons. The van der Waals surface area contributed by atoms with Crippen molar-refractivity contribution in [3.8, 4) is 5.75 Å². The smallest absolute Gasteiger partial charge is 0.262 e. The van der Waals surface area contributed by atoms with Crippen LogP contribution in [0.3, 0.4) is 0 Å². The first-order valence-corrected chi connectivity index (χ1v) is 13.7. The van der Waals surface area contributed by atoms with E-state index in [1.54, 1.807) is 25.4 Å². The lowest BCUT2D eigenvalue weighted by Gasteiger charge is -2.34. The Kier molecular flexibility index (Phi) is 10.3. The van der Waals surface area contributed by atoms with Gasteiger partial charge < -0.3 is 4.74 Å². The number of rotatable bonds is 13. The fourth-order valence-electron chi connectivity index (χ4n) is 3.99. The minimum Gasteiger partial charge on any atom is -0.493 e. The van der Waals surface area contributed by atoms with Crippen molar-refractivity contribution in [2.45, 2.75) is 59.3 Å². The summed E-state index contributed by atoms with van der Waals surface area (Å²) in [5, 5.41) is 10.1. The third-order valence-electron chi connectivity index (χ3n) is 5.86. The number of sulfonamides is 1. The highest BCUT2D eigenvalue weighted by molar-refractivity contribution is 7.89. The number of hydrogen-bond donors (Lipinski definition) is 2. The predicted octanol–water partition coefficient (Wildman–Crippen LogP) is 5.31. The molecule has 194 valence electrons. The maximum absolute atomic E-state index is 14.0. The predicted molar refractivity (Wildman–Crippen MR) is 141 cm³/mol. The first-order chi connectivity index (χ1) is 16.4. The quantitative estimate of drug-likeness (QED) is 0.219. The molecular formula is C27H40N2O5S. The van der Waals surface area contributed by atoms with Crippen LogP contribution in [0.2, 0.25) is 0 Å². The molecule has 2 N–H and O–H groups in total. The maximum Gasteiger partial charge on any atom is 0.262 e. The van der Waals surface area contributed by atoms with Gasteiger partial charge in [0.25, 0.3) is 5.91 Å². The standard InChI is InChI=1S/C27H40N2O5S/c1-8-25(23-10-9-22-16-24(34-17-19(4)5)12-11-21(22)15-23)35(32,33)29(14-13-18(2)3)26(20(6)7)27(30)28-31/h8-12,15-16,18-20,25-26,31H,1,13-14,17H2,2-7H3,(H,28,30). The average molecular weight is 505 g/mol. The summed E-state index contributed by atoms with van der Waals surface area (Å²) in [6.45, 7) is 16.3. The molecule has 2 aromatic rings. The Hall–Kier alpha value is -2.42. The van der Waals surface area contributed by atoms with Gasteiger partial charge in [0.1, 0.15) is 17.0 Å². The zero-order chi connectivity index (χ0) is 26.3. The number of carbonyl (C=O) groups is 1. The molecule has 0 fully saturated rings. The molecule has 0 saturated carbocycles. The third kappa shape index (κ3) is 7.29. The van der Waals surface area contributed by atoms with E-state index in [2.05, 4.69) is 20.4 Å². The fourth-order valence-corrected chi connectivity index (χ4v) is 6.03. The zero-order valence-corrected chi connectivity index (χ0v) is 22.5. The van der Waals surface area contributed by atoms with E-state index in [-0.39, 0.29) is 18.4 Å². The Bertz CT molecular complexity index is 1110. The fraction of sp³-hybridized carbons (Fsp3) is 0.519. The van der Waals surface area contributed by atoms with Crippen LogP contribution >= 0.6 is 0 Å². The van der Waals surface area contributed by atoms with E-state index in [4.69, 9.17) is 4.74 Å². The number of nitrogens with one attached hydrogen (secondary N) is 1. The Labute approximate surface area is 210 Å². The highest BCUT2D eigenvalue weighted by atomic mass is 32.2. The number of amides is 1. The van der Waals surface area contributed by atoms with Gasteiger partial charge in [0, 0.05) is 6.54 Å². The highest BCUT2D eigenvalue weighted by Gasteiger charge is 2.40. The van der Waals surface area contributed by atoms with Crippen LogP contribution in [-0.4, -0.2) is 43.0 Å². The van der Waals surface area contributed by atoms with E-state index < -0.39 is 27.2 Å². The Morgan fingerprint density at radius 1 is 1.06 bits per heavy atom. The molecule has 1 amide bonds. The van der Waals surface area contributed by atoms with E-state index in [9.17, 15) is 18.4 Å². The van der Waals surface area contributed by atoms with Gasteiger partial charge in [0.2, 0.25) is 10.0 Å². The number of fused-ring (bicyclic) bond motifs is 1. The lowest BCUT2D eigenvalue weighted by atomic mass is 10.0. The first-order valence-electron chi connectivity index (χ1n) is 12.2. The van der Waals surface area contributed by atoms with Crippen molar-refractivity contribution in [3.05, 3.63) is 54.6 Å². The van der Waals surface area contributed by atoms with Gasteiger partial charge in [-0.05, 0) is 58.7 Å². The first kappa shape index (κ1) is 28.8. The molecule has 2 aromatic carbocycles. The molecule has 2 rings (SSSR count). The monoisotopic (exact) mass is 504 g/mol. The van der Waals surface area contributed by atoms with Crippen molar-refractivity contribution in [2.24, 2.45) is 17.8 Å². The van der Waals surface area contributed by atoms with Gasteiger partial charge in [0.05, 0.1) is 6.61 Å². The molecule has 0 aliphatic rings. The lowest BCUT2D eigenvalue weighted by molar-refractivity contribution is -0.134. The Morgan fingerprint density at radius 3 is 2.23 bits per heavy atom. The summed E-state index contributed by atoms with van der Waals surface area (Å²) in [7, 11) is -4.04. The van der Waals surface area contributed by atoms with Gasteiger partial charge in [-0.3, -0.25) is 10.0 Å². The van der Waals surface area contributed by atoms with Crippen molar-refractivity contribution < 1.29 is 23.2 Å². The lowest BCUT2D eigenvalue weighted by Crippen LogP contribution is -2.53. The summed E-state index contributed by atoms with van der Waals surface area (Å²) in [5.74, 6) is 0.306. The van der Waals surface area contributed by atoms with Crippen LogP contribution in [-0.2, 0) is 14.8 Å². The summed E-state index contributed by atoms with van der Waals surface area (Å²) in [4.78, 5) is 12.5. The maximum atomic E-state index is 14.0. The van der Waals surface area contributed by atoms with Crippen LogP contribution in [0.5, 0.6) is 5.75 Å². The van der Waals surface area contributed by atoms with Gasteiger partial charge >= 0.3 is 0 Å². The molecule has 0 heterocycles. The number of benzene rings is 2. The number of nitrogens with zero attached hydrogens (tertiary/aromatic N) is 1. The molecule has 0 aliphatic heterocycles.